The van der Waals surface area contributed by atoms with Crippen LogP contribution in [-0.4, -0.2) is 11.9 Å². The van der Waals surface area contributed by atoms with Crippen LogP contribution in [0.25, 0.3) is 0 Å². The SMILES string of the molecule is CC(C1C(C)(C)C1(C)C)N(C(=O)c1ccc(N)cc1)c1ccccc1. The van der Waals surface area contributed by atoms with Crippen molar-refractivity contribution in [3.05, 3.63) is 60.2 Å². The number of anilines is 2. The molecule has 132 valence electrons. The van der Waals surface area contributed by atoms with Gasteiger partial charge in [-0.05, 0) is 60.1 Å². The Balaban J connectivity index is 1.99. The number of benzene rings is 2. The molecule has 3 rings (SSSR count). The number of nitrogens with zero attached hydrogens (tertiary/aromatic N) is 1. The molecule has 0 bridgehead atoms. The fourth-order valence-electron chi connectivity index (χ4n) is 4.49. The molecule has 1 amide bonds. The van der Waals surface area contributed by atoms with Gasteiger partial charge < -0.3 is 10.6 Å². The fraction of sp³-hybridized carbons (Fsp3) is 0.409. The molecule has 1 aliphatic rings. The maximum Gasteiger partial charge on any atom is 0.258 e. The number of carbonyl (C=O) groups excluding carboxylic acids is 1. The van der Waals surface area contributed by atoms with Gasteiger partial charge in [0, 0.05) is 23.0 Å². The van der Waals surface area contributed by atoms with E-state index < -0.39 is 0 Å². The Kier molecular flexibility index (Phi) is 4.14. The average Bonchev–Trinajstić information content (AvgIpc) is 2.98. The Hall–Kier alpha value is -2.29. The van der Waals surface area contributed by atoms with Gasteiger partial charge in [-0.3, -0.25) is 4.79 Å². The third kappa shape index (κ3) is 2.82. The zero-order valence-corrected chi connectivity index (χ0v) is 15.8. The summed E-state index contributed by atoms with van der Waals surface area (Å²) in [7, 11) is 0. The van der Waals surface area contributed by atoms with Gasteiger partial charge in [-0.15, -0.1) is 0 Å². The topological polar surface area (TPSA) is 46.3 Å². The summed E-state index contributed by atoms with van der Waals surface area (Å²) in [5.41, 5.74) is 8.47. The van der Waals surface area contributed by atoms with Crippen LogP contribution in [0.15, 0.2) is 54.6 Å². The predicted octanol–water partition coefficient (Wildman–Crippen LogP) is 4.99. The minimum absolute atomic E-state index is 0.0252. The lowest BCUT2D eigenvalue weighted by Gasteiger charge is -2.31. The monoisotopic (exact) mass is 336 g/mol. The molecular formula is C22H28N2O. The molecule has 0 aromatic heterocycles. The van der Waals surface area contributed by atoms with Crippen molar-refractivity contribution in [1.82, 2.24) is 0 Å². The Morgan fingerprint density at radius 2 is 1.48 bits per heavy atom. The van der Waals surface area contributed by atoms with Crippen LogP contribution < -0.4 is 10.6 Å². The number of hydrogen-bond acceptors (Lipinski definition) is 2. The predicted molar refractivity (Wildman–Crippen MR) is 105 cm³/mol. The zero-order valence-electron chi connectivity index (χ0n) is 15.8. The van der Waals surface area contributed by atoms with Crippen LogP contribution in [-0.2, 0) is 0 Å². The van der Waals surface area contributed by atoms with E-state index >= 15 is 0 Å². The Morgan fingerprint density at radius 1 is 0.960 bits per heavy atom. The van der Waals surface area contributed by atoms with E-state index in [1.165, 1.54) is 0 Å². The van der Waals surface area contributed by atoms with Crippen molar-refractivity contribution in [3.8, 4) is 0 Å². The number of nitrogen functional groups attached to an aromatic ring is 1. The van der Waals surface area contributed by atoms with Crippen molar-refractivity contribution >= 4 is 17.3 Å². The van der Waals surface area contributed by atoms with E-state index in [9.17, 15) is 4.79 Å². The third-order valence-electron chi connectivity index (χ3n) is 6.43. The van der Waals surface area contributed by atoms with Gasteiger partial charge >= 0.3 is 0 Å². The standard InChI is InChI=1S/C22H28N2O/c1-15(19-21(2,3)22(19,4)5)24(18-9-7-6-8-10-18)20(25)16-11-13-17(23)14-12-16/h6-15,19H,23H2,1-5H3. The molecule has 3 heteroatoms. The summed E-state index contributed by atoms with van der Waals surface area (Å²) < 4.78 is 0. The Morgan fingerprint density at radius 3 is 1.96 bits per heavy atom. The second-order valence-electron chi connectivity index (χ2n) is 8.29. The Labute approximate surface area is 150 Å². The van der Waals surface area contributed by atoms with Crippen molar-refractivity contribution in [1.29, 1.82) is 0 Å². The Bertz CT molecular complexity index is 748. The molecule has 2 aromatic rings. The molecule has 2 aromatic carbocycles. The van der Waals surface area contributed by atoms with Gasteiger partial charge in [0.1, 0.15) is 0 Å². The summed E-state index contributed by atoms with van der Waals surface area (Å²) in [5.74, 6) is 0.468. The largest absolute Gasteiger partial charge is 0.399 e. The van der Waals surface area contributed by atoms with Gasteiger partial charge in [-0.25, -0.2) is 0 Å². The van der Waals surface area contributed by atoms with Gasteiger partial charge in [-0.1, -0.05) is 45.9 Å². The van der Waals surface area contributed by atoms with Gasteiger partial charge in [0.2, 0.25) is 0 Å². The van der Waals surface area contributed by atoms with Crippen molar-refractivity contribution in [2.75, 3.05) is 10.6 Å². The van der Waals surface area contributed by atoms with E-state index in [1.54, 1.807) is 12.1 Å². The molecule has 1 atom stereocenters. The van der Waals surface area contributed by atoms with Crippen LogP contribution in [0.5, 0.6) is 0 Å². The lowest BCUT2D eigenvalue weighted by atomic mass is 10.0. The number of rotatable bonds is 4. The highest BCUT2D eigenvalue weighted by atomic mass is 16.2. The molecule has 1 aliphatic carbocycles. The second-order valence-corrected chi connectivity index (χ2v) is 8.29. The molecular weight excluding hydrogens is 308 g/mol. The first-order valence-corrected chi connectivity index (χ1v) is 8.92. The van der Waals surface area contributed by atoms with Gasteiger partial charge in [-0.2, -0.15) is 0 Å². The lowest BCUT2D eigenvalue weighted by molar-refractivity contribution is 0.0973. The van der Waals surface area contributed by atoms with E-state index in [0.717, 1.165) is 5.69 Å². The summed E-state index contributed by atoms with van der Waals surface area (Å²) in [6.07, 6.45) is 0. The summed E-state index contributed by atoms with van der Waals surface area (Å²) in [6, 6.07) is 17.2. The highest BCUT2D eigenvalue weighted by Gasteiger charge is 2.67. The van der Waals surface area contributed by atoms with Crippen molar-refractivity contribution in [3.63, 3.8) is 0 Å². The van der Waals surface area contributed by atoms with E-state index in [0.29, 0.717) is 17.2 Å². The number of hydrogen-bond donors (Lipinski definition) is 1. The van der Waals surface area contributed by atoms with E-state index in [2.05, 4.69) is 34.6 Å². The van der Waals surface area contributed by atoms with Crippen LogP contribution in [0.2, 0.25) is 0 Å². The third-order valence-corrected chi connectivity index (χ3v) is 6.43. The van der Waals surface area contributed by atoms with E-state index in [4.69, 9.17) is 5.73 Å². The first-order valence-electron chi connectivity index (χ1n) is 8.92. The van der Waals surface area contributed by atoms with Crippen LogP contribution in [0, 0.1) is 16.7 Å². The number of para-hydroxylation sites is 1. The lowest BCUT2D eigenvalue weighted by Crippen LogP contribution is -2.41. The summed E-state index contributed by atoms with van der Waals surface area (Å²) in [5, 5.41) is 0. The minimum Gasteiger partial charge on any atom is -0.399 e. The molecule has 0 radical (unpaired) electrons. The normalized spacial score (nSPS) is 19.2. The fourth-order valence-corrected chi connectivity index (χ4v) is 4.49. The number of nitrogens with two attached hydrogens (primary N) is 1. The minimum atomic E-state index is 0.0252. The quantitative estimate of drug-likeness (QED) is 0.800. The van der Waals surface area contributed by atoms with Crippen molar-refractivity contribution in [2.24, 2.45) is 16.7 Å². The summed E-state index contributed by atoms with van der Waals surface area (Å²) in [6.45, 7) is 11.4. The molecule has 0 spiro atoms. The van der Waals surface area contributed by atoms with Crippen LogP contribution in [0.3, 0.4) is 0 Å². The van der Waals surface area contributed by atoms with Gasteiger partial charge in [0.05, 0.1) is 0 Å². The highest BCUT2D eigenvalue weighted by molar-refractivity contribution is 6.06. The van der Waals surface area contributed by atoms with Gasteiger partial charge in [0.15, 0.2) is 0 Å². The molecule has 0 saturated heterocycles. The van der Waals surface area contributed by atoms with E-state index in [-0.39, 0.29) is 22.8 Å². The first-order chi connectivity index (χ1) is 11.7. The molecule has 1 fully saturated rings. The van der Waals surface area contributed by atoms with Crippen molar-refractivity contribution < 1.29 is 4.79 Å². The maximum absolute atomic E-state index is 13.3. The summed E-state index contributed by atoms with van der Waals surface area (Å²) >= 11 is 0. The van der Waals surface area contributed by atoms with Crippen LogP contribution in [0.1, 0.15) is 45.0 Å². The molecule has 25 heavy (non-hydrogen) atoms. The summed E-state index contributed by atoms with van der Waals surface area (Å²) in [4.78, 5) is 15.3. The van der Waals surface area contributed by atoms with Gasteiger partial charge in [0.25, 0.3) is 5.91 Å². The molecule has 1 unspecified atom stereocenters. The molecule has 0 heterocycles. The maximum atomic E-state index is 13.3. The second kappa shape index (κ2) is 5.91. The average molecular weight is 336 g/mol. The number of carbonyl (C=O) groups is 1. The molecule has 3 nitrogen and oxygen atoms in total. The molecule has 1 saturated carbocycles. The number of amides is 1. The first kappa shape index (κ1) is 17.5. The smallest absolute Gasteiger partial charge is 0.258 e. The van der Waals surface area contributed by atoms with Crippen LogP contribution >= 0.6 is 0 Å². The van der Waals surface area contributed by atoms with E-state index in [1.807, 2.05) is 47.4 Å². The molecule has 0 aliphatic heterocycles. The highest BCUT2D eigenvalue weighted by Crippen LogP contribution is 2.70. The van der Waals surface area contributed by atoms with Crippen molar-refractivity contribution in [2.45, 2.75) is 40.7 Å². The van der Waals surface area contributed by atoms with Crippen LogP contribution in [0.4, 0.5) is 11.4 Å². The zero-order chi connectivity index (χ0) is 18.4. The molecule has 2 N–H and O–H groups in total.